The zero-order valence-electron chi connectivity index (χ0n) is 53.0. The molecule has 0 fully saturated rings. The number of halogens is 1. The van der Waals surface area contributed by atoms with Crippen LogP contribution >= 0.6 is 84.1 Å². The van der Waals surface area contributed by atoms with Gasteiger partial charge in [0.15, 0.2) is 0 Å². The van der Waals surface area contributed by atoms with Crippen LogP contribution in [-0.4, -0.2) is 230 Å². The Bertz CT molecular complexity index is 2990. The van der Waals surface area contributed by atoms with E-state index in [0.29, 0.717) is 41.2 Å². The monoisotopic (exact) mass is 1650 g/mol. The van der Waals surface area contributed by atoms with Crippen molar-refractivity contribution in [3.05, 3.63) is 78.1 Å². The minimum absolute atomic E-state index is 0. The smallest absolute Gasteiger partial charge is 0.480 e. The molecule has 0 bridgehead atoms. The van der Waals surface area contributed by atoms with Crippen LogP contribution in [0.25, 0.3) is 0 Å². The van der Waals surface area contributed by atoms with Crippen molar-refractivity contribution in [2.45, 2.75) is 95.8 Å². The van der Waals surface area contributed by atoms with Crippen LogP contribution in [0.1, 0.15) is 57.4 Å². The average molecular weight is 1650 g/mol. The second-order valence-electron chi connectivity index (χ2n) is 18.2. The second-order valence-corrected chi connectivity index (χ2v) is 36.4. The van der Waals surface area contributed by atoms with Crippen LogP contribution in [0.5, 0.6) is 0 Å². The summed E-state index contributed by atoms with van der Waals surface area (Å²) >= 11 is 6.04. The Labute approximate surface area is 635 Å². The van der Waals surface area contributed by atoms with Crippen LogP contribution in [-0.2, 0) is 68.7 Å². The number of nitrogens with two attached hydrogens (primary N) is 5. The number of nitrogens with zero attached hydrogens (tertiary/aromatic N) is 4. The van der Waals surface area contributed by atoms with Gasteiger partial charge in [-0.3, -0.25) is 60.7 Å². The fraction of sp³-hybridized carbons (Fsp3) is 0.550. The first-order chi connectivity index (χ1) is 42.2. The molecule has 58 heteroatoms. The molecule has 0 aliphatic heterocycles. The molecule has 45 nitrogen and oxygen atoms in total. The molecule has 36 N–H and O–H groups in total. The van der Waals surface area contributed by atoms with Crippen LogP contribution in [0.3, 0.4) is 0 Å². The van der Waals surface area contributed by atoms with E-state index in [1.54, 1.807) is 11.9 Å². The van der Waals surface area contributed by atoms with Gasteiger partial charge < -0.3 is 158 Å². The molecule has 2 heterocycles. The van der Waals surface area contributed by atoms with Gasteiger partial charge in [0.2, 0.25) is 4.73 Å². The molecule has 1 aromatic carbocycles. The molecule has 0 radical (unpaired) electrons. The predicted octanol–water partition coefficient (Wildman–Crippen LogP) is -11.1. The number of imidazole rings is 1. The van der Waals surface area contributed by atoms with Crippen molar-refractivity contribution < 1.29 is 258 Å². The number of pyridine rings is 1. The minimum atomic E-state index is -5.41. The second kappa shape index (κ2) is 54.5. The first kappa shape index (κ1) is 116. The third-order valence-corrected chi connectivity index (χ3v) is 27.9. The van der Waals surface area contributed by atoms with Gasteiger partial charge in [-0.2, -0.15) is 0 Å². The number of carbonyl (C=O) groups is 4. The first-order valence-electron chi connectivity index (χ1n) is 25.2. The first-order valence-corrected chi connectivity index (χ1v) is 39.5. The van der Waals surface area contributed by atoms with Gasteiger partial charge in [-0.1, -0.05) is 55.6 Å². The molecular formula is C40H85ClN10Na3O35P8S+3. The summed E-state index contributed by atoms with van der Waals surface area (Å²) < 4.78 is 87.0. The Morgan fingerprint density at radius 3 is 1.26 bits per heavy atom. The maximum atomic E-state index is 11.1. The van der Waals surface area contributed by atoms with Crippen molar-refractivity contribution in [1.29, 1.82) is 0 Å². The van der Waals surface area contributed by atoms with Crippen molar-refractivity contribution in [3.63, 3.8) is 0 Å². The van der Waals surface area contributed by atoms with Gasteiger partial charge in [-0.15, -0.1) is 0 Å². The molecule has 0 spiro atoms. The number of thioether (sulfide) groups is 1. The minimum Gasteiger partial charge on any atom is -0.480 e. The number of rotatable bonds is 29. The summed E-state index contributed by atoms with van der Waals surface area (Å²) in [5.41, 5.74) is 24.2. The molecule has 2 aromatic heterocycles. The largest absolute Gasteiger partial charge is 1.00 e. The molecule has 0 saturated carbocycles. The number of hydrogen-bond donors (Lipinski definition) is 29. The molecule has 0 unspecified atom stereocenters. The zero-order valence-corrected chi connectivity index (χ0v) is 67.8. The van der Waals surface area contributed by atoms with Gasteiger partial charge in [-0.25, -0.2) is 4.98 Å². The van der Waals surface area contributed by atoms with Crippen LogP contribution in [0.2, 0.25) is 5.02 Å². The quantitative estimate of drug-likeness (QED) is 0.0133. The summed E-state index contributed by atoms with van der Waals surface area (Å²) in [6, 6.07) is 7.79. The van der Waals surface area contributed by atoms with Crippen LogP contribution in [0.4, 0.5) is 0 Å². The Balaban J connectivity index is -0.000000137. The Kier molecular flexibility index (Phi) is 64.7. The van der Waals surface area contributed by atoms with Gasteiger partial charge >= 0.3 is 173 Å². The molecule has 0 aliphatic carbocycles. The Morgan fingerprint density at radius 1 is 0.582 bits per heavy atom. The van der Waals surface area contributed by atoms with E-state index in [9.17, 15) is 71.0 Å². The zero-order chi connectivity index (χ0) is 75.4. The summed E-state index contributed by atoms with van der Waals surface area (Å²) in [5, 5.41) is 50.1. The number of unbranched alkanes of at least 4 members (excludes halogenated alkanes) is 3. The van der Waals surface area contributed by atoms with E-state index in [4.69, 9.17) is 122 Å². The van der Waals surface area contributed by atoms with Gasteiger partial charge in [0.05, 0.1) is 32.5 Å². The van der Waals surface area contributed by atoms with Crippen molar-refractivity contribution in [3.8, 4) is 0 Å². The van der Waals surface area contributed by atoms with Gasteiger partial charge in [0.1, 0.15) is 6.04 Å². The summed E-state index contributed by atoms with van der Waals surface area (Å²) in [6.07, 6.45) is 9.49. The summed E-state index contributed by atoms with van der Waals surface area (Å²) in [6.45, 7) is 1.46. The van der Waals surface area contributed by atoms with Crippen LogP contribution in [0, 0.1) is 0 Å². The van der Waals surface area contributed by atoms with Gasteiger partial charge in [0, 0.05) is 54.1 Å². The van der Waals surface area contributed by atoms with E-state index >= 15 is 0 Å². The fourth-order valence-corrected chi connectivity index (χ4v) is 15.7. The van der Waals surface area contributed by atoms with Crippen molar-refractivity contribution in [1.82, 2.24) is 25.6 Å². The molecular weight excluding hydrogens is 1560 g/mol. The number of aliphatic hydroxyl groups is 3. The Hall–Kier alpha value is -0.1000. The molecule has 1 atom stereocenters. The summed E-state index contributed by atoms with van der Waals surface area (Å²) in [5.74, 6) is -3.84. The molecule has 3 aromatic rings. The number of aromatic nitrogens is 3. The summed E-state index contributed by atoms with van der Waals surface area (Å²) in [7, 11) is -40.4. The number of aliphatic carboxylic acids is 4. The predicted molar refractivity (Wildman–Crippen MR) is 338 cm³/mol. The van der Waals surface area contributed by atoms with E-state index in [1.165, 1.54) is 55.0 Å². The van der Waals surface area contributed by atoms with Crippen LogP contribution in [0.15, 0.2) is 72.4 Å². The standard InChI is InChI=1S/C9H23NO7P2.C7H9ClO6P2S.C7H11NO7P2.C6H14N2O2.C5H10N2O7P2.3C2H5NO2.H3N.3Na/c1-3-4-5-7-10(2)8-6-9(11,18(12,13)14)19(15,16)17;8-5-1-3-6(4-2-5)17-7(15(9,10)11)16(12,13)14;9-7(16(10,11)12,17(13,14)15)4-6-2-1-3-8-5-6;7-4-2-1-3-5(8)6(9)10;8-5(15(9,10)11,16(12,13)14)3-7-2-1-6-4-7;3*3-1-2(4)5;;;;/h11H,3-8H2,1-2H3,(H2,12,13,14)(H2,15,16,17);1-4,7H,(H2,9,10,11)(H2,12,13,14);1-3,5,9H,4H2,(H2,10,11,12)(H2,13,14,15);5H,1-4,7-8H2,(H,9,10);1-2,4,8H,3H2,(H2,9,10,11)(H2,12,13,14);3*1,3H2,(H,4,5);1H3;;;/q;;;;;;;;;3*+1/t;;;5-;;;;;;;;/m...0......../s1. The molecule has 3 rings (SSSR count). The van der Waals surface area contributed by atoms with Gasteiger partial charge in [0.25, 0.3) is 15.2 Å². The van der Waals surface area contributed by atoms with E-state index in [-0.39, 0.29) is 127 Å². The number of hydrogen-bond acceptors (Lipinski definition) is 25. The van der Waals surface area contributed by atoms with Crippen molar-refractivity contribution in [2.24, 2.45) is 28.7 Å². The van der Waals surface area contributed by atoms with E-state index in [1.807, 2.05) is 6.92 Å². The van der Waals surface area contributed by atoms with E-state index in [0.717, 1.165) is 49.2 Å². The number of carboxylic acids is 4. The van der Waals surface area contributed by atoms with Crippen molar-refractivity contribution >= 4 is 108 Å². The third kappa shape index (κ3) is 50.4. The molecule has 0 saturated heterocycles. The van der Waals surface area contributed by atoms with E-state index in [2.05, 4.69) is 27.2 Å². The number of carboxylic acid groups (broad SMARTS) is 4. The molecule has 98 heavy (non-hydrogen) atoms. The topological polar surface area (TPSA) is 869 Å². The van der Waals surface area contributed by atoms with Gasteiger partial charge in [-0.05, 0) is 75.3 Å². The third-order valence-electron chi connectivity index (χ3n) is 10.3. The van der Waals surface area contributed by atoms with Crippen LogP contribution < -0.4 is 123 Å². The molecule has 558 valence electrons. The maximum Gasteiger partial charge on any atom is 1.00 e. The summed E-state index contributed by atoms with van der Waals surface area (Å²) in [4.78, 5) is 189. The fourth-order valence-electron chi connectivity index (χ4n) is 5.28. The molecule has 0 aliphatic rings. The SMILES string of the molecule is CCCCCN(C)CCC(O)(P(=O)(O)O)P(=O)(O)O.N.NCC(=O)O.NCC(=O)O.NCC(=O)O.NCCCC[C@H](N)C(=O)O.O=P(O)(O)C(O)(Cc1cccnc1)P(=O)(O)O.O=P(O)(O)C(O)(Cn1ccnc1)P(=O)(O)O.O=P(O)(O)C(Sc1ccc(Cl)cc1)P(=O)(O)O.[Na+].[Na+].[Na+]. The normalized spacial score (nSPS) is 12.1. The van der Waals surface area contributed by atoms with E-state index < -0.39 is 130 Å². The Morgan fingerprint density at radius 2 is 0.969 bits per heavy atom. The van der Waals surface area contributed by atoms with Crippen molar-refractivity contribution in [2.75, 3.05) is 46.3 Å². The molecule has 0 amide bonds. The maximum absolute atomic E-state index is 11.1. The number of benzene rings is 1. The average Bonchev–Trinajstić information content (AvgIpc) is 1.28.